The van der Waals surface area contributed by atoms with Gasteiger partial charge in [0, 0.05) is 6.54 Å². The maximum Gasteiger partial charge on any atom is 0.0211 e. The lowest BCUT2D eigenvalue weighted by atomic mass is 9.91. The zero-order valence-electron chi connectivity index (χ0n) is 11.8. The number of aryl methyl sites for hydroxylation is 2. The second kappa shape index (κ2) is 5.18. The Morgan fingerprint density at radius 3 is 2.84 bits per heavy atom. The van der Waals surface area contributed by atoms with Crippen molar-refractivity contribution in [2.45, 2.75) is 33.2 Å². The molecule has 0 saturated heterocycles. The highest BCUT2D eigenvalue weighted by Crippen LogP contribution is 2.23. The van der Waals surface area contributed by atoms with E-state index in [9.17, 15) is 0 Å². The van der Waals surface area contributed by atoms with Gasteiger partial charge in [-0.05, 0) is 61.1 Å². The molecule has 1 heterocycles. The van der Waals surface area contributed by atoms with Gasteiger partial charge in [0.2, 0.25) is 0 Å². The molecule has 1 aliphatic heterocycles. The summed E-state index contributed by atoms with van der Waals surface area (Å²) in [7, 11) is 0. The highest BCUT2D eigenvalue weighted by atomic mass is 14.9. The van der Waals surface area contributed by atoms with Crippen LogP contribution >= 0.6 is 0 Å². The quantitative estimate of drug-likeness (QED) is 0.861. The van der Waals surface area contributed by atoms with Crippen LogP contribution in [0.15, 0.2) is 36.4 Å². The summed E-state index contributed by atoms with van der Waals surface area (Å²) in [5.41, 5.74) is 8.74. The van der Waals surface area contributed by atoms with E-state index in [-0.39, 0.29) is 0 Å². The van der Waals surface area contributed by atoms with Crippen molar-refractivity contribution in [1.29, 1.82) is 0 Å². The van der Waals surface area contributed by atoms with Crippen LogP contribution in [-0.4, -0.2) is 6.54 Å². The van der Waals surface area contributed by atoms with Gasteiger partial charge >= 0.3 is 0 Å². The number of nitrogens with one attached hydrogen (secondary N) is 1. The van der Waals surface area contributed by atoms with E-state index in [0.717, 1.165) is 25.9 Å². The SMILES string of the molecule is Cc1ccc(C)c(Cc2cccc3c2CNCC3)c1. The number of rotatable bonds is 2. The van der Waals surface area contributed by atoms with E-state index >= 15 is 0 Å². The van der Waals surface area contributed by atoms with Gasteiger partial charge in [0.25, 0.3) is 0 Å². The molecule has 0 fully saturated rings. The average molecular weight is 251 g/mol. The smallest absolute Gasteiger partial charge is 0.0211 e. The molecule has 1 aliphatic rings. The lowest BCUT2D eigenvalue weighted by Gasteiger charge is -2.21. The van der Waals surface area contributed by atoms with Gasteiger partial charge in [0.15, 0.2) is 0 Å². The van der Waals surface area contributed by atoms with E-state index in [1.807, 2.05) is 0 Å². The monoisotopic (exact) mass is 251 g/mol. The Balaban J connectivity index is 1.97. The maximum absolute atomic E-state index is 3.49. The molecule has 0 spiro atoms. The molecule has 0 radical (unpaired) electrons. The Kier molecular flexibility index (Phi) is 3.39. The summed E-state index contributed by atoms with van der Waals surface area (Å²) in [6.07, 6.45) is 2.22. The molecular formula is C18H21N. The summed E-state index contributed by atoms with van der Waals surface area (Å²) in [6, 6.07) is 13.5. The first-order valence-electron chi connectivity index (χ1n) is 7.10. The molecule has 0 bridgehead atoms. The molecule has 98 valence electrons. The molecule has 1 N–H and O–H groups in total. The van der Waals surface area contributed by atoms with Crippen LogP contribution in [0.5, 0.6) is 0 Å². The van der Waals surface area contributed by atoms with Gasteiger partial charge in [-0.2, -0.15) is 0 Å². The molecule has 19 heavy (non-hydrogen) atoms. The number of benzene rings is 2. The molecule has 0 aromatic heterocycles. The van der Waals surface area contributed by atoms with E-state index < -0.39 is 0 Å². The topological polar surface area (TPSA) is 12.0 Å². The highest BCUT2D eigenvalue weighted by Gasteiger charge is 2.13. The summed E-state index contributed by atoms with van der Waals surface area (Å²) >= 11 is 0. The maximum atomic E-state index is 3.49. The van der Waals surface area contributed by atoms with Crippen molar-refractivity contribution in [2.75, 3.05) is 6.54 Å². The molecule has 1 nitrogen and oxygen atoms in total. The zero-order chi connectivity index (χ0) is 13.2. The third kappa shape index (κ3) is 2.57. The van der Waals surface area contributed by atoms with Crippen LogP contribution in [0.3, 0.4) is 0 Å². The van der Waals surface area contributed by atoms with Gasteiger partial charge in [0.05, 0.1) is 0 Å². The van der Waals surface area contributed by atoms with Crippen LogP contribution in [-0.2, 0) is 19.4 Å². The van der Waals surface area contributed by atoms with Crippen molar-refractivity contribution >= 4 is 0 Å². The molecule has 0 saturated carbocycles. The Morgan fingerprint density at radius 1 is 1.05 bits per heavy atom. The van der Waals surface area contributed by atoms with E-state index in [2.05, 4.69) is 55.6 Å². The molecule has 0 aliphatic carbocycles. The fourth-order valence-electron chi connectivity index (χ4n) is 2.95. The van der Waals surface area contributed by atoms with Crippen LogP contribution in [0.4, 0.5) is 0 Å². The first kappa shape index (κ1) is 12.4. The van der Waals surface area contributed by atoms with Crippen molar-refractivity contribution in [1.82, 2.24) is 5.32 Å². The van der Waals surface area contributed by atoms with Gasteiger partial charge < -0.3 is 5.32 Å². The largest absolute Gasteiger partial charge is 0.312 e. The average Bonchev–Trinajstić information content (AvgIpc) is 2.43. The van der Waals surface area contributed by atoms with Crippen molar-refractivity contribution in [2.24, 2.45) is 0 Å². The van der Waals surface area contributed by atoms with Gasteiger partial charge in [-0.15, -0.1) is 0 Å². The van der Waals surface area contributed by atoms with Gasteiger partial charge in [-0.25, -0.2) is 0 Å². The molecule has 3 rings (SSSR count). The van der Waals surface area contributed by atoms with E-state index in [1.54, 1.807) is 0 Å². The minimum absolute atomic E-state index is 1.02. The summed E-state index contributed by atoms with van der Waals surface area (Å²) in [5, 5.41) is 3.49. The molecule has 1 heteroatoms. The van der Waals surface area contributed by atoms with E-state index in [0.29, 0.717) is 0 Å². The molecule has 2 aromatic rings. The summed E-state index contributed by atoms with van der Waals surface area (Å²) < 4.78 is 0. The van der Waals surface area contributed by atoms with Crippen LogP contribution in [0.1, 0.15) is 33.4 Å². The molecule has 0 unspecified atom stereocenters. The third-order valence-electron chi connectivity index (χ3n) is 4.13. The molecule has 2 aromatic carbocycles. The Bertz CT molecular complexity index is 599. The normalized spacial score (nSPS) is 14.2. The standard InChI is InChI=1S/C18H21N/c1-13-6-7-14(2)17(10-13)11-16-5-3-4-15-8-9-19-12-18(15)16/h3-7,10,19H,8-9,11-12H2,1-2H3. The fraction of sp³-hybridized carbons (Fsp3) is 0.333. The lowest BCUT2D eigenvalue weighted by molar-refractivity contribution is 0.639. The molecular weight excluding hydrogens is 230 g/mol. The van der Waals surface area contributed by atoms with E-state index in [4.69, 9.17) is 0 Å². The second-order valence-corrected chi connectivity index (χ2v) is 5.59. The summed E-state index contributed by atoms with van der Waals surface area (Å²) in [4.78, 5) is 0. The Labute approximate surface area is 115 Å². The minimum atomic E-state index is 1.02. The summed E-state index contributed by atoms with van der Waals surface area (Å²) in [6.45, 7) is 6.52. The minimum Gasteiger partial charge on any atom is -0.312 e. The number of hydrogen-bond donors (Lipinski definition) is 1. The number of fused-ring (bicyclic) bond motifs is 1. The fourth-order valence-corrected chi connectivity index (χ4v) is 2.95. The van der Waals surface area contributed by atoms with Gasteiger partial charge in [0.1, 0.15) is 0 Å². The summed E-state index contributed by atoms with van der Waals surface area (Å²) in [5.74, 6) is 0. The zero-order valence-corrected chi connectivity index (χ0v) is 11.8. The van der Waals surface area contributed by atoms with Crippen LogP contribution in [0.2, 0.25) is 0 Å². The Morgan fingerprint density at radius 2 is 1.95 bits per heavy atom. The Hall–Kier alpha value is -1.60. The predicted molar refractivity (Wildman–Crippen MR) is 80.6 cm³/mol. The first-order valence-corrected chi connectivity index (χ1v) is 7.10. The van der Waals surface area contributed by atoms with Crippen molar-refractivity contribution in [3.8, 4) is 0 Å². The van der Waals surface area contributed by atoms with Crippen LogP contribution in [0, 0.1) is 13.8 Å². The van der Waals surface area contributed by atoms with Crippen LogP contribution in [0.25, 0.3) is 0 Å². The second-order valence-electron chi connectivity index (χ2n) is 5.59. The third-order valence-corrected chi connectivity index (χ3v) is 4.13. The van der Waals surface area contributed by atoms with Crippen molar-refractivity contribution in [3.05, 3.63) is 69.8 Å². The lowest BCUT2D eigenvalue weighted by Crippen LogP contribution is -2.24. The molecule has 0 atom stereocenters. The van der Waals surface area contributed by atoms with E-state index in [1.165, 1.54) is 33.4 Å². The van der Waals surface area contributed by atoms with Crippen molar-refractivity contribution < 1.29 is 0 Å². The van der Waals surface area contributed by atoms with Crippen LogP contribution < -0.4 is 5.32 Å². The molecule has 0 amide bonds. The van der Waals surface area contributed by atoms with Gasteiger partial charge in [-0.1, -0.05) is 42.0 Å². The van der Waals surface area contributed by atoms with Crippen molar-refractivity contribution in [3.63, 3.8) is 0 Å². The van der Waals surface area contributed by atoms with Gasteiger partial charge in [-0.3, -0.25) is 0 Å². The first-order chi connectivity index (χ1) is 9.24. The highest BCUT2D eigenvalue weighted by molar-refractivity contribution is 5.42. The number of hydrogen-bond acceptors (Lipinski definition) is 1. The predicted octanol–water partition coefficient (Wildman–Crippen LogP) is 3.54.